The van der Waals surface area contributed by atoms with E-state index in [0.717, 1.165) is 30.2 Å². The highest BCUT2D eigenvalue weighted by Crippen LogP contribution is 2.28. The summed E-state index contributed by atoms with van der Waals surface area (Å²) in [7, 11) is 0. The standard InChI is InChI=1S/C25H42O/c1-7-21-14-16-23(17-15-21)24(26)13-9-12-22(8-2)19-20(3)11-10-18-25(4,5)6/h14-17,20,22H,7-13,18-19H2,1-6H3. The predicted molar refractivity (Wildman–Crippen MR) is 115 cm³/mol. The first kappa shape index (κ1) is 22.9. The number of carbonyl (C=O) groups excluding carboxylic acids is 1. The van der Waals surface area contributed by atoms with Crippen molar-refractivity contribution >= 4 is 5.78 Å². The zero-order chi connectivity index (χ0) is 19.6. The quantitative estimate of drug-likeness (QED) is 0.347. The molecule has 0 amide bonds. The van der Waals surface area contributed by atoms with Crippen molar-refractivity contribution in [2.75, 3.05) is 0 Å². The SMILES string of the molecule is CCc1ccc(C(=O)CCCC(CC)CC(C)CCCC(C)(C)C)cc1. The number of Topliss-reactive ketones (excluding diaryl/α,β-unsaturated/α-hetero) is 1. The van der Waals surface area contributed by atoms with Crippen molar-refractivity contribution in [3.05, 3.63) is 35.4 Å². The van der Waals surface area contributed by atoms with Crippen LogP contribution in [0.3, 0.4) is 0 Å². The second-order valence-electron chi connectivity index (χ2n) is 9.43. The lowest BCUT2D eigenvalue weighted by molar-refractivity contribution is 0.0977. The molecule has 0 heterocycles. The van der Waals surface area contributed by atoms with Gasteiger partial charge in [0.25, 0.3) is 0 Å². The lowest BCUT2D eigenvalue weighted by atomic mass is 9.84. The summed E-state index contributed by atoms with van der Waals surface area (Å²) in [6.45, 7) is 13.9. The molecule has 0 fully saturated rings. The summed E-state index contributed by atoms with van der Waals surface area (Å²) in [6.07, 6.45) is 10.5. The molecule has 0 aliphatic rings. The highest BCUT2D eigenvalue weighted by Gasteiger charge is 2.15. The summed E-state index contributed by atoms with van der Waals surface area (Å²) in [5, 5.41) is 0. The van der Waals surface area contributed by atoms with E-state index in [0.29, 0.717) is 17.6 Å². The molecule has 2 unspecified atom stereocenters. The van der Waals surface area contributed by atoms with E-state index in [1.54, 1.807) is 0 Å². The fourth-order valence-corrected chi connectivity index (χ4v) is 3.78. The lowest BCUT2D eigenvalue weighted by Crippen LogP contribution is -2.09. The van der Waals surface area contributed by atoms with E-state index in [9.17, 15) is 4.79 Å². The van der Waals surface area contributed by atoms with Crippen molar-refractivity contribution in [1.82, 2.24) is 0 Å². The summed E-state index contributed by atoms with van der Waals surface area (Å²) in [6, 6.07) is 8.16. The molecule has 0 radical (unpaired) electrons. The molecule has 0 saturated heterocycles. The summed E-state index contributed by atoms with van der Waals surface area (Å²) < 4.78 is 0. The van der Waals surface area contributed by atoms with Crippen LogP contribution in [0.1, 0.15) is 109 Å². The summed E-state index contributed by atoms with van der Waals surface area (Å²) in [4.78, 5) is 12.4. The van der Waals surface area contributed by atoms with Crippen LogP contribution in [0.15, 0.2) is 24.3 Å². The Morgan fingerprint density at radius 1 is 1.00 bits per heavy atom. The van der Waals surface area contributed by atoms with Gasteiger partial charge >= 0.3 is 0 Å². The fourth-order valence-electron chi connectivity index (χ4n) is 3.78. The van der Waals surface area contributed by atoms with Gasteiger partial charge in [-0.2, -0.15) is 0 Å². The van der Waals surface area contributed by atoms with Crippen molar-refractivity contribution in [2.45, 2.75) is 99.3 Å². The van der Waals surface area contributed by atoms with E-state index in [1.165, 1.54) is 44.1 Å². The van der Waals surface area contributed by atoms with Crippen molar-refractivity contribution < 1.29 is 4.79 Å². The molecule has 148 valence electrons. The van der Waals surface area contributed by atoms with Crippen LogP contribution in [0.4, 0.5) is 0 Å². The van der Waals surface area contributed by atoms with Crippen LogP contribution in [0.25, 0.3) is 0 Å². The van der Waals surface area contributed by atoms with E-state index in [-0.39, 0.29) is 0 Å². The van der Waals surface area contributed by atoms with Gasteiger partial charge in [0.05, 0.1) is 0 Å². The molecule has 1 heteroatoms. The highest BCUT2D eigenvalue weighted by molar-refractivity contribution is 5.96. The number of hydrogen-bond acceptors (Lipinski definition) is 1. The maximum absolute atomic E-state index is 12.4. The van der Waals surface area contributed by atoms with Gasteiger partial charge in [0, 0.05) is 12.0 Å². The minimum absolute atomic E-state index is 0.306. The summed E-state index contributed by atoms with van der Waals surface area (Å²) >= 11 is 0. The molecule has 1 rings (SSSR count). The van der Waals surface area contributed by atoms with E-state index < -0.39 is 0 Å². The highest BCUT2D eigenvalue weighted by atomic mass is 16.1. The number of ketones is 1. The first-order valence-electron chi connectivity index (χ1n) is 10.9. The smallest absolute Gasteiger partial charge is 0.162 e. The molecule has 0 aliphatic carbocycles. The minimum Gasteiger partial charge on any atom is -0.294 e. The molecule has 0 saturated carbocycles. The molecule has 0 spiro atoms. The van der Waals surface area contributed by atoms with Crippen LogP contribution in [-0.4, -0.2) is 5.78 Å². The van der Waals surface area contributed by atoms with E-state index in [4.69, 9.17) is 0 Å². The maximum atomic E-state index is 12.4. The molecule has 1 nitrogen and oxygen atoms in total. The fraction of sp³-hybridized carbons (Fsp3) is 0.720. The number of hydrogen-bond donors (Lipinski definition) is 0. The van der Waals surface area contributed by atoms with Crippen molar-refractivity contribution in [1.29, 1.82) is 0 Å². The van der Waals surface area contributed by atoms with Gasteiger partial charge in [-0.1, -0.05) is 91.5 Å². The average molecular weight is 359 g/mol. The molecule has 0 aromatic heterocycles. The third-order valence-electron chi connectivity index (χ3n) is 5.64. The molecule has 1 aromatic carbocycles. The van der Waals surface area contributed by atoms with Crippen LogP contribution in [0, 0.1) is 17.3 Å². The Hall–Kier alpha value is -1.11. The number of rotatable bonds is 12. The number of carbonyl (C=O) groups is 1. The average Bonchev–Trinajstić information content (AvgIpc) is 2.59. The van der Waals surface area contributed by atoms with Gasteiger partial charge in [0.1, 0.15) is 0 Å². The van der Waals surface area contributed by atoms with Gasteiger partial charge in [-0.3, -0.25) is 4.79 Å². The Morgan fingerprint density at radius 3 is 2.19 bits per heavy atom. The first-order chi connectivity index (χ1) is 12.2. The van der Waals surface area contributed by atoms with E-state index in [2.05, 4.69) is 53.7 Å². The van der Waals surface area contributed by atoms with Crippen molar-refractivity contribution in [3.63, 3.8) is 0 Å². The van der Waals surface area contributed by atoms with Gasteiger partial charge < -0.3 is 0 Å². The molecular weight excluding hydrogens is 316 g/mol. The second kappa shape index (κ2) is 11.6. The van der Waals surface area contributed by atoms with Crippen molar-refractivity contribution in [2.24, 2.45) is 17.3 Å². The monoisotopic (exact) mass is 358 g/mol. The molecular formula is C25H42O. The predicted octanol–water partition coefficient (Wildman–Crippen LogP) is 7.87. The Kier molecular flexibility index (Phi) is 10.2. The molecule has 2 atom stereocenters. The van der Waals surface area contributed by atoms with Crippen molar-refractivity contribution in [3.8, 4) is 0 Å². The van der Waals surface area contributed by atoms with Crippen LogP contribution in [0.2, 0.25) is 0 Å². The summed E-state index contributed by atoms with van der Waals surface area (Å²) in [5.41, 5.74) is 2.64. The Bertz CT molecular complexity index is 506. The topological polar surface area (TPSA) is 17.1 Å². The second-order valence-corrected chi connectivity index (χ2v) is 9.43. The maximum Gasteiger partial charge on any atom is 0.162 e. The third-order valence-corrected chi connectivity index (χ3v) is 5.64. The normalized spacial score (nSPS) is 14.2. The van der Waals surface area contributed by atoms with E-state index >= 15 is 0 Å². The van der Waals surface area contributed by atoms with E-state index in [1.807, 2.05) is 12.1 Å². The van der Waals surface area contributed by atoms with Crippen LogP contribution in [-0.2, 0) is 6.42 Å². The molecule has 0 N–H and O–H groups in total. The minimum atomic E-state index is 0.306. The lowest BCUT2D eigenvalue weighted by Gasteiger charge is -2.22. The van der Waals surface area contributed by atoms with Crippen LogP contribution < -0.4 is 0 Å². The number of aryl methyl sites for hydroxylation is 1. The van der Waals surface area contributed by atoms with Crippen LogP contribution >= 0.6 is 0 Å². The van der Waals surface area contributed by atoms with Gasteiger partial charge in [-0.15, -0.1) is 0 Å². The molecule has 1 aromatic rings. The zero-order valence-electron chi connectivity index (χ0n) is 18.2. The third kappa shape index (κ3) is 9.55. The van der Waals surface area contributed by atoms with Gasteiger partial charge in [-0.25, -0.2) is 0 Å². The van der Waals surface area contributed by atoms with Gasteiger partial charge in [0.2, 0.25) is 0 Å². The molecule has 26 heavy (non-hydrogen) atoms. The first-order valence-corrected chi connectivity index (χ1v) is 10.9. The number of benzene rings is 1. The summed E-state index contributed by atoms with van der Waals surface area (Å²) in [5.74, 6) is 1.88. The zero-order valence-corrected chi connectivity index (χ0v) is 18.2. The van der Waals surface area contributed by atoms with Crippen LogP contribution in [0.5, 0.6) is 0 Å². The Labute approximate surface area is 163 Å². The Balaban J connectivity index is 2.30. The largest absolute Gasteiger partial charge is 0.294 e. The molecule has 0 bridgehead atoms. The molecule has 0 aliphatic heterocycles. The van der Waals surface area contributed by atoms with Gasteiger partial charge in [0.15, 0.2) is 5.78 Å². The van der Waals surface area contributed by atoms with Gasteiger partial charge in [-0.05, 0) is 48.5 Å². The Morgan fingerprint density at radius 2 is 1.65 bits per heavy atom.